The molecular formula is C18H21N3O2. The SMILES string of the molecule is CN1C2CCC1CC(NC(=O)C(=O)n1ccc3ccccc31)C2. The topological polar surface area (TPSA) is 54.3 Å². The van der Waals surface area contributed by atoms with Gasteiger partial charge in [0.15, 0.2) is 0 Å². The van der Waals surface area contributed by atoms with Gasteiger partial charge in [-0.05, 0) is 44.9 Å². The van der Waals surface area contributed by atoms with Gasteiger partial charge in [0.2, 0.25) is 0 Å². The first-order valence-electron chi connectivity index (χ1n) is 8.26. The van der Waals surface area contributed by atoms with Crippen LogP contribution in [0.3, 0.4) is 0 Å². The van der Waals surface area contributed by atoms with Gasteiger partial charge in [-0.15, -0.1) is 0 Å². The van der Waals surface area contributed by atoms with Crippen molar-refractivity contribution in [2.24, 2.45) is 0 Å². The van der Waals surface area contributed by atoms with Gasteiger partial charge < -0.3 is 10.2 Å². The number of carbonyl (C=O) groups is 2. The Morgan fingerprint density at radius 1 is 1.09 bits per heavy atom. The Bertz CT molecular complexity index is 752. The fourth-order valence-corrected chi connectivity index (χ4v) is 4.15. The van der Waals surface area contributed by atoms with E-state index in [0.29, 0.717) is 12.1 Å². The summed E-state index contributed by atoms with van der Waals surface area (Å²) in [5.41, 5.74) is 0.774. The molecule has 2 aliphatic heterocycles. The summed E-state index contributed by atoms with van der Waals surface area (Å²) in [7, 11) is 2.16. The Morgan fingerprint density at radius 3 is 2.52 bits per heavy atom. The Kier molecular flexibility index (Phi) is 3.45. The van der Waals surface area contributed by atoms with Gasteiger partial charge in [0, 0.05) is 29.7 Å². The Labute approximate surface area is 135 Å². The summed E-state index contributed by atoms with van der Waals surface area (Å²) < 4.78 is 1.44. The zero-order chi connectivity index (χ0) is 16.0. The predicted octanol–water partition coefficient (Wildman–Crippen LogP) is 2.02. The molecule has 2 fully saturated rings. The van der Waals surface area contributed by atoms with Crippen molar-refractivity contribution in [1.29, 1.82) is 0 Å². The average Bonchev–Trinajstić information content (AvgIpc) is 3.05. The molecule has 1 N–H and O–H groups in total. The fraction of sp³-hybridized carbons (Fsp3) is 0.444. The first-order chi connectivity index (χ1) is 11.1. The lowest BCUT2D eigenvalue weighted by Crippen LogP contribution is -2.50. The van der Waals surface area contributed by atoms with Crippen LogP contribution in [0, 0.1) is 0 Å². The highest BCUT2D eigenvalue weighted by Gasteiger charge is 2.39. The van der Waals surface area contributed by atoms with Crippen LogP contribution in [0.2, 0.25) is 0 Å². The van der Waals surface area contributed by atoms with Crippen LogP contribution in [0.15, 0.2) is 36.5 Å². The third kappa shape index (κ3) is 2.45. The molecule has 0 saturated carbocycles. The average molecular weight is 311 g/mol. The van der Waals surface area contributed by atoms with E-state index in [0.717, 1.165) is 23.7 Å². The standard InChI is InChI=1S/C18H21N3O2/c1-20-14-6-7-15(20)11-13(10-14)19-17(22)18(23)21-9-8-12-4-2-3-5-16(12)21/h2-5,8-9,13-15H,6-7,10-11H2,1H3,(H,19,22). The molecular weight excluding hydrogens is 290 g/mol. The van der Waals surface area contributed by atoms with Gasteiger partial charge in [0.05, 0.1) is 5.52 Å². The van der Waals surface area contributed by atoms with Crippen molar-refractivity contribution in [3.8, 4) is 0 Å². The first kappa shape index (κ1) is 14.5. The summed E-state index contributed by atoms with van der Waals surface area (Å²) >= 11 is 0. The molecule has 5 heteroatoms. The zero-order valence-electron chi connectivity index (χ0n) is 13.2. The smallest absolute Gasteiger partial charge is 0.320 e. The van der Waals surface area contributed by atoms with E-state index in [9.17, 15) is 9.59 Å². The van der Waals surface area contributed by atoms with Crippen LogP contribution in [0.4, 0.5) is 0 Å². The first-order valence-corrected chi connectivity index (χ1v) is 8.26. The highest BCUT2D eigenvalue weighted by molar-refractivity contribution is 6.37. The molecule has 2 aromatic rings. The van der Waals surface area contributed by atoms with Crippen LogP contribution in [-0.4, -0.2) is 46.5 Å². The molecule has 2 atom stereocenters. The number of aromatic nitrogens is 1. The predicted molar refractivity (Wildman–Crippen MR) is 88.3 cm³/mol. The second kappa shape index (κ2) is 5.49. The van der Waals surface area contributed by atoms with E-state index < -0.39 is 11.8 Å². The van der Waals surface area contributed by atoms with Gasteiger partial charge in [0.1, 0.15) is 0 Å². The second-order valence-corrected chi connectivity index (χ2v) is 6.74. The lowest BCUT2D eigenvalue weighted by Gasteiger charge is -2.36. The lowest BCUT2D eigenvalue weighted by atomic mass is 9.98. The van der Waals surface area contributed by atoms with Gasteiger partial charge in [-0.1, -0.05) is 18.2 Å². The van der Waals surface area contributed by atoms with E-state index in [2.05, 4.69) is 17.3 Å². The number of amides is 1. The minimum absolute atomic E-state index is 0.113. The van der Waals surface area contributed by atoms with E-state index in [1.807, 2.05) is 30.3 Å². The van der Waals surface area contributed by atoms with Crippen LogP contribution in [0.25, 0.3) is 10.9 Å². The fourth-order valence-electron chi connectivity index (χ4n) is 4.15. The van der Waals surface area contributed by atoms with Gasteiger partial charge in [-0.2, -0.15) is 0 Å². The van der Waals surface area contributed by atoms with Crippen LogP contribution < -0.4 is 5.32 Å². The lowest BCUT2D eigenvalue weighted by molar-refractivity contribution is -0.118. The van der Waals surface area contributed by atoms with E-state index in [4.69, 9.17) is 0 Å². The molecule has 120 valence electrons. The summed E-state index contributed by atoms with van der Waals surface area (Å²) in [6, 6.07) is 10.6. The Hall–Kier alpha value is -2.14. The number of benzene rings is 1. The van der Waals surface area contributed by atoms with E-state index in [-0.39, 0.29) is 6.04 Å². The number of para-hydroxylation sites is 1. The molecule has 3 heterocycles. The van der Waals surface area contributed by atoms with E-state index in [1.54, 1.807) is 6.20 Å². The molecule has 23 heavy (non-hydrogen) atoms. The highest BCUT2D eigenvalue weighted by atomic mass is 16.2. The van der Waals surface area contributed by atoms with E-state index in [1.165, 1.54) is 17.4 Å². The molecule has 0 spiro atoms. The third-order valence-corrected chi connectivity index (χ3v) is 5.45. The molecule has 2 bridgehead atoms. The van der Waals surface area contributed by atoms with Crippen LogP contribution in [-0.2, 0) is 4.79 Å². The van der Waals surface area contributed by atoms with Crippen molar-refractivity contribution in [3.63, 3.8) is 0 Å². The number of nitrogens with one attached hydrogen (secondary N) is 1. The largest absolute Gasteiger partial charge is 0.345 e. The van der Waals surface area contributed by atoms with Crippen molar-refractivity contribution < 1.29 is 9.59 Å². The van der Waals surface area contributed by atoms with Gasteiger partial charge in [0.25, 0.3) is 0 Å². The summed E-state index contributed by atoms with van der Waals surface area (Å²) in [6.45, 7) is 0. The Morgan fingerprint density at radius 2 is 1.78 bits per heavy atom. The summed E-state index contributed by atoms with van der Waals surface area (Å²) in [6.07, 6.45) is 5.95. The number of carbonyl (C=O) groups excluding carboxylic acids is 2. The molecule has 5 nitrogen and oxygen atoms in total. The molecule has 4 rings (SSSR count). The Balaban J connectivity index is 1.48. The maximum Gasteiger partial charge on any atom is 0.320 e. The number of hydrogen-bond acceptors (Lipinski definition) is 3. The minimum Gasteiger partial charge on any atom is -0.345 e. The maximum atomic E-state index is 12.5. The third-order valence-electron chi connectivity index (χ3n) is 5.45. The summed E-state index contributed by atoms with van der Waals surface area (Å²) in [5.74, 6) is -1.00. The summed E-state index contributed by atoms with van der Waals surface area (Å²) in [5, 5.41) is 3.92. The normalized spacial score (nSPS) is 27.3. The monoisotopic (exact) mass is 311 g/mol. The van der Waals surface area contributed by atoms with Gasteiger partial charge in [-0.25, -0.2) is 0 Å². The summed E-state index contributed by atoms with van der Waals surface area (Å²) in [4.78, 5) is 27.3. The number of rotatable bonds is 1. The maximum absolute atomic E-state index is 12.5. The number of piperidine rings is 1. The number of fused-ring (bicyclic) bond motifs is 3. The van der Waals surface area contributed by atoms with Crippen molar-refractivity contribution in [3.05, 3.63) is 36.5 Å². The van der Waals surface area contributed by atoms with Crippen LogP contribution in [0.1, 0.15) is 30.5 Å². The minimum atomic E-state index is -0.502. The van der Waals surface area contributed by atoms with Crippen molar-refractivity contribution in [2.75, 3.05) is 7.05 Å². The zero-order valence-corrected chi connectivity index (χ0v) is 13.2. The quantitative estimate of drug-likeness (QED) is 0.820. The molecule has 2 saturated heterocycles. The number of hydrogen-bond donors (Lipinski definition) is 1. The van der Waals surface area contributed by atoms with Crippen LogP contribution in [0.5, 0.6) is 0 Å². The molecule has 1 aromatic carbocycles. The van der Waals surface area contributed by atoms with Gasteiger partial charge in [-0.3, -0.25) is 14.2 Å². The number of nitrogens with zero attached hydrogens (tertiary/aromatic N) is 2. The van der Waals surface area contributed by atoms with Crippen molar-refractivity contribution >= 4 is 22.7 Å². The van der Waals surface area contributed by atoms with Gasteiger partial charge >= 0.3 is 11.8 Å². The molecule has 2 aliphatic rings. The molecule has 1 amide bonds. The molecule has 0 aliphatic carbocycles. The van der Waals surface area contributed by atoms with Crippen molar-refractivity contribution in [2.45, 2.75) is 43.8 Å². The highest BCUT2D eigenvalue weighted by Crippen LogP contribution is 2.34. The van der Waals surface area contributed by atoms with Crippen molar-refractivity contribution in [1.82, 2.24) is 14.8 Å². The van der Waals surface area contributed by atoms with Crippen LogP contribution >= 0.6 is 0 Å². The molecule has 2 unspecified atom stereocenters. The molecule has 0 radical (unpaired) electrons. The second-order valence-electron chi connectivity index (χ2n) is 6.74. The van der Waals surface area contributed by atoms with E-state index >= 15 is 0 Å². The molecule has 1 aromatic heterocycles.